The Labute approximate surface area is 177 Å². The molecule has 4 rings (SSSR count). The molecule has 0 saturated carbocycles. The van der Waals surface area contributed by atoms with Crippen LogP contribution in [0.25, 0.3) is 0 Å². The third kappa shape index (κ3) is 4.21. The Morgan fingerprint density at radius 1 is 1.24 bits per heavy atom. The quantitative estimate of drug-likeness (QED) is 0.651. The van der Waals surface area contributed by atoms with Gasteiger partial charge in [-0.1, -0.05) is 11.6 Å². The monoisotopic (exact) mass is 416 g/mol. The van der Waals surface area contributed by atoms with Crippen LogP contribution in [0.15, 0.2) is 24.3 Å². The second-order valence-electron chi connectivity index (χ2n) is 7.96. The number of rotatable bonds is 6. The molecule has 1 atom stereocenters. The smallest absolute Gasteiger partial charge is 0.229 e. The molecule has 0 bridgehead atoms. The van der Waals surface area contributed by atoms with E-state index in [0.717, 1.165) is 54.8 Å². The first-order valence-corrected chi connectivity index (χ1v) is 10.8. The number of benzene rings is 1. The van der Waals surface area contributed by atoms with Crippen molar-refractivity contribution in [1.29, 1.82) is 0 Å². The second-order valence-corrected chi connectivity index (χ2v) is 8.39. The van der Waals surface area contributed by atoms with Crippen LogP contribution < -0.4 is 20.4 Å². The molecule has 1 saturated heterocycles. The fraction of sp³-hybridized carbons (Fsp3) is 0.524. The minimum Gasteiger partial charge on any atom is -0.396 e. The maximum atomic E-state index is 9.52. The number of hydrogen-bond donors (Lipinski definition) is 3. The number of piperidine rings is 1. The van der Waals surface area contributed by atoms with E-state index < -0.39 is 0 Å². The van der Waals surface area contributed by atoms with Crippen LogP contribution in [0.4, 0.5) is 29.0 Å². The van der Waals surface area contributed by atoms with Gasteiger partial charge in [-0.05, 0) is 63.8 Å². The fourth-order valence-electron chi connectivity index (χ4n) is 4.08. The number of fused-ring (bicyclic) bond motifs is 1. The summed E-state index contributed by atoms with van der Waals surface area (Å²) >= 11 is 6.04. The Balaban J connectivity index is 1.73. The van der Waals surface area contributed by atoms with Crippen molar-refractivity contribution in [2.24, 2.45) is 0 Å². The molecular weight excluding hydrogens is 388 g/mol. The SMILES string of the molecule is CC(C)N1CNc2c(Nc3ccc(Cl)cc3)nc(N3CCCCC3CCO)nc21. The van der Waals surface area contributed by atoms with E-state index in [-0.39, 0.29) is 12.6 Å². The standard InChI is InChI=1S/C21H29ClN6O/c1-14(2)28-13-23-18-19(24-16-8-6-15(22)7-9-16)25-21(26-20(18)28)27-11-4-3-5-17(27)10-12-29/h6-9,14,17,23,29H,3-5,10-13H2,1-2H3,(H,24,25,26). The number of hydrogen-bond acceptors (Lipinski definition) is 7. The molecule has 156 valence electrons. The molecule has 2 aliphatic rings. The minimum absolute atomic E-state index is 0.182. The lowest BCUT2D eigenvalue weighted by Crippen LogP contribution is -2.41. The summed E-state index contributed by atoms with van der Waals surface area (Å²) in [6.45, 7) is 6.14. The number of halogens is 1. The van der Waals surface area contributed by atoms with Gasteiger partial charge < -0.3 is 25.5 Å². The summed E-state index contributed by atoms with van der Waals surface area (Å²) in [5.41, 5.74) is 1.85. The third-order valence-electron chi connectivity index (χ3n) is 5.65. The Morgan fingerprint density at radius 2 is 2.03 bits per heavy atom. The van der Waals surface area contributed by atoms with E-state index in [2.05, 4.69) is 34.3 Å². The number of nitrogens with zero attached hydrogens (tertiary/aromatic N) is 4. The van der Waals surface area contributed by atoms with Gasteiger partial charge in [0.25, 0.3) is 0 Å². The first kappa shape index (κ1) is 20.0. The van der Waals surface area contributed by atoms with Crippen molar-refractivity contribution >= 4 is 40.6 Å². The Kier molecular flexibility index (Phi) is 5.96. The van der Waals surface area contributed by atoms with Crippen LogP contribution in [0, 0.1) is 0 Å². The number of aliphatic hydroxyl groups excluding tert-OH is 1. The molecule has 2 aliphatic heterocycles. The van der Waals surface area contributed by atoms with E-state index in [1.807, 2.05) is 24.3 Å². The Bertz CT molecular complexity index is 842. The van der Waals surface area contributed by atoms with E-state index in [9.17, 15) is 5.11 Å². The van der Waals surface area contributed by atoms with Crippen molar-refractivity contribution in [2.45, 2.75) is 51.6 Å². The average molecular weight is 417 g/mol. The van der Waals surface area contributed by atoms with Gasteiger partial charge in [0.15, 0.2) is 11.6 Å². The third-order valence-corrected chi connectivity index (χ3v) is 5.90. The number of aromatic nitrogens is 2. The van der Waals surface area contributed by atoms with Gasteiger partial charge in [-0.25, -0.2) is 0 Å². The van der Waals surface area contributed by atoms with Gasteiger partial charge in [0.1, 0.15) is 5.69 Å². The summed E-state index contributed by atoms with van der Waals surface area (Å²) < 4.78 is 0. The number of nitrogens with one attached hydrogen (secondary N) is 2. The lowest BCUT2D eigenvalue weighted by molar-refractivity contribution is 0.262. The molecule has 29 heavy (non-hydrogen) atoms. The van der Waals surface area contributed by atoms with Gasteiger partial charge >= 0.3 is 0 Å². The summed E-state index contributed by atoms with van der Waals surface area (Å²) in [5, 5.41) is 17.1. The molecule has 1 aromatic heterocycles. The molecular formula is C21H29ClN6O. The maximum Gasteiger partial charge on any atom is 0.229 e. The predicted molar refractivity (Wildman–Crippen MR) is 120 cm³/mol. The average Bonchev–Trinajstić information content (AvgIpc) is 3.15. The van der Waals surface area contributed by atoms with Crippen LogP contribution in [-0.4, -0.2) is 47.0 Å². The molecule has 1 aromatic carbocycles. The minimum atomic E-state index is 0.182. The zero-order valence-corrected chi connectivity index (χ0v) is 17.8. The number of anilines is 5. The van der Waals surface area contributed by atoms with E-state index in [1.54, 1.807) is 0 Å². The summed E-state index contributed by atoms with van der Waals surface area (Å²) in [6.07, 6.45) is 4.11. The molecule has 7 nitrogen and oxygen atoms in total. The predicted octanol–water partition coefficient (Wildman–Crippen LogP) is 4.21. The van der Waals surface area contributed by atoms with Crippen molar-refractivity contribution in [3.05, 3.63) is 29.3 Å². The molecule has 2 aromatic rings. The molecule has 1 fully saturated rings. The van der Waals surface area contributed by atoms with E-state index in [1.165, 1.54) is 6.42 Å². The molecule has 3 heterocycles. The topological polar surface area (TPSA) is 76.5 Å². The van der Waals surface area contributed by atoms with Gasteiger partial charge in [0, 0.05) is 35.9 Å². The van der Waals surface area contributed by atoms with Gasteiger partial charge in [-0.2, -0.15) is 9.97 Å². The van der Waals surface area contributed by atoms with Crippen molar-refractivity contribution in [2.75, 3.05) is 40.3 Å². The van der Waals surface area contributed by atoms with Crippen LogP contribution in [0.2, 0.25) is 5.02 Å². The highest BCUT2D eigenvalue weighted by Crippen LogP contribution is 2.40. The normalized spacial score (nSPS) is 18.7. The van der Waals surface area contributed by atoms with Gasteiger partial charge in [-0.3, -0.25) is 0 Å². The Hall–Kier alpha value is -2.25. The molecule has 8 heteroatoms. The molecule has 0 radical (unpaired) electrons. The van der Waals surface area contributed by atoms with Gasteiger partial charge in [-0.15, -0.1) is 0 Å². The lowest BCUT2D eigenvalue weighted by Gasteiger charge is -2.36. The second kappa shape index (κ2) is 8.63. The zero-order chi connectivity index (χ0) is 20.4. The van der Waals surface area contributed by atoms with Crippen LogP contribution in [0.3, 0.4) is 0 Å². The summed E-state index contributed by atoms with van der Waals surface area (Å²) in [6, 6.07) is 8.22. The zero-order valence-electron chi connectivity index (χ0n) is 17.0. The largest absolute Gasteiger partial charge is 0.396 e. The lowest BCUT2D eigenvalue weighted by atomic mass is 10.0. The van der Waals surface area contributed by atoms with Crippen LogP contribution in [0.5, 0.6) is 0 Å². The maximum absolute atomic E-state index is 9.52. The van der Waals surface area contributed by atoms with E-state index in [4.69, 9.17) is 21.6 Å². The van der Waals surface area contributed by atoms with Gasteiger partial charge in [0.05, 0.1) is 6.67 Å². The van der Waals surface area contributed by atoms with Crippen LogP contribution >= 0.6 is 11.6 Å². The van der Waals surface area contributed by atoms with Gasteiger partial charge in [0.2, 0.25) is 5.95 Å². The van der Waals surface area contributed by atoms with E-state index >= 15 is 0 Å². The molecule has 1 unspecified atom stereocenters. The van der Waals surface area contributed by atoms with Crippen LogP contribution in [-0.2, 0) is 0 Å². The van der Waals surface area contributed by atoms with Crippen LogP contribution in [0.1, 0.15) is 39.5 Å². The highest BCUT2D eigenvalue weighted by atomic mass is 35.5. The van der Waals surface area contributed by atoms with E-state index in [0.29, 0.717) is 17.7 Å². The molecule has 0 aliphatic carbocycles. The highest BCUT2D eigenvalue weighted by molar-refractivity contribution is 6.30. The molecule has 0 spiro atoms. The summed E-state index contributed by atoms with van der Waals surface area (Å²) in [7, 11) is 0. The molecule has 0 amide bonds. The fourth-order valence-corrected chi connectivity index (χ4v) is 4.20. The highest BCUT2D eigenvalue weighted by Gasteiger charge is 2.31. The van der Waals surface area contributed by atoms with Crippen molar-refractivity contribution in [1.82, 2.24) is 9.97 Å². The van der Waals surface area contributed by atoms with Crippen molar-refractivity contribution in [3.63, 3.8) is 0 Å². The molecule has 3 N–H and O–H groups in total. The number of aliphatic hydroxyl groups is 1. The van der Waals surface area contributed by atoms with Crippen molar-refractivity contribution < 1.29 is 5.11 Å². The Morgan fingerprint density at radius 3 is 2.76 bits per heavy atom. The first-order chi connectivity index (χ1) is 14.1. The summed E-state index contributed by atoms with van der Waals surface area (Å²) in [4.78, 5) is 14.4. The first-order valence-electron chi connectivity index (χ1n) is 10.4. The van der Waals surface area contributed by atoms with Crippen molar-refractivity contribution in [3.8, 4) is 0 Å². The summed E-state index contributed by atoms with van der Waals surface area (Å²) in [5.74, 6) is 2.42.